The minimum atomic E-state index is -0.260. The molecule has 164 valence electrons. The lowest BCUT2D eigenvalue weighted by molar-refractivity contribution is -0.115. The number of benzene rings is 2. The maximum Gasteiger partial charge on any atom is 0.308 e. The lowest BCUT2D eigenvalue weighted by Crippen LogP contribution is -2.19. The Kier molecular flexibility index (Phi) is 6.98. The Bertz CT molecular complexity index is 1320. The Morgan fingerprint density at radius 3 is 2.69 bits per heavy atom. The van der Waals surface area contributed by atoms with E-state index in [2.05, 4.69) is 17.2 Å². The van der Waals surface area contributed by atoms with Gasteiger partial charge in [-0.15, -0.1) is 11.8 Å². The predicted molar refractivity (Wildman–Crippen MR) is 134 cm³/mol. The molecule has 32 heavy (non-hydrogen) atoms. The highest BCUT2D eigenvalue weighted by Crippen LogP contribution is 2.27. The number of hydrogen-bond donors (Lipinski definition) is 1. The van der Waals surface area contributed by atoms with Crippen molar-refractivity contribution in [2.24, 2.45) is 0 Å². The van der Waals surface area contributed by atoms with E-state index >= 15 is 0 Å². The summed E-state index contributed by atoms with van der Waals surface area (Å²) >= 11 is 9.02. The minimum absolute atomic E-state index is 0.0807. The van der Waals surface area contributed by atoms with E-state index in [9.17, 15) is 9.59 Å². The Labute approximate surface area is 199 Å². The second kappa shape index (κ2) is 9.90. The molecule has 0 saturated heterocycles. The Morgan fingerprint density at radius 1 is 1.19 bits per heavy atom. The molecule has 2 aromatic heterocycles. The molecule has 1 amide bonds. The van der Waals surface area contributed by atoms with Gasteiger partial charge in [-0.2, -0.15) is 0 Å². The molecule has 8 heteroatoms. The number of nitrogens with one attached hydrogen (secondary N) is 1. The van der Waals surface area contributed by atoms with Crippen LogP contribution in [0.15, 0.2) is 70.5 Å². The van der Waals surface area contributed by atoms with Crippen LogP contribution in [0, 0.1) is 0 Å². The van der Waals surface area contributed by atoms with Crippen molar-refractivity contribution in [2.75, 3.05) is 11.1 Å². The van der Waals surface area contributed by atoms with Gasteiger partial charge in [-0.25, -0.2) is 0 Å². The fraction of sp³-hybridized carbons (Fsp3) is 0.208. The summed E-state index contributed by atoms with van der Waals surface area (Å²) < 4.78 is 2.52. The highest BCUT2D eigenvalue weighted by molar-refractivity contribution is 7.99. The minimum Gasteiger partial charge on any atom is -0.326 e. The molecule has 2 heterocycles. The van der Waals surface area contributed by atoms with Gasteiger partial charge in [0.1, 0.15) is 0 Å². The van der Waals surface area contributed by atoms with Crippen molar-refractivity contribution in [1.29, 1.82) is 0 Å². The van der Waals surface area contributed by atoms with Crippen molar-refractivity contribution in [1.82, 2.24) is 9.55 Å². The third kappa shape index (κ3) is 5.06. The third-order valence-corrected chi connectivity index (χ3v) is 7.10. The van der Waals surface area contributed by atoms with Crippen LogP contribution in [0.25, 0.3) is 10.2 Å². The monoisotopic (exact) mass is 483 g/mol. The van der Waals surface area contributed by atoms with Crippen LogP contribution >= 0.6 is 34.7 Å². The van der Waals surface area contributed by atoms with Gasteiger partial charge in [0.2, 0.25) is 5.91 Å². The fourth-order valence-corrected chi connectivity index (χ4v) is 5.35. The zero-order chi connectivity index (χ0) is 22.7. The van der Waals surface area contributed by atoms with Crippen molar-refractivity contribution in [3.63, 3.8) is 0 Å². The van der Waals surface area contributed by atoms with Gasteiger partial charge in [-0.3, -0.25) is 19.1 Å². The number of aromatic nitrogens is 2. The molecule has 0 aliphatic carbocycles. The Balaban J connectivity index is 1.51. The van der Waals surface area contributed by atoms with Crippen LogP contribution in [0.5, 0.6) is 0 Å². The molecule has 5 nitrogen and oxygen atoms in total. The summed E-state index contributed by atoms with van der Waals surface area (Å²) in [6, 6.07) is 16.8. The average Bonchev–Trinajstić information content (AvgIpc) is 3.09. The topological polar surface area (TPSA) is 64.0 Å². The molecule has 1 atom stereocenters. The number of nitrogens with zero attached hydrogens (tertiary/aromatic N) is 2. The van der Waals surface area contributed by atoms with E-state index in [4.69, 9.17) is 11.6 Å². The second-order valence-electron chi connectivity index (χ2n) is 7.30. The number of thioether (sulfide) groups is 1. The van der Waals surface area contributed by atoms with Crippen LogP contribution in [0.3, 0.4) is 0 Å². The largest absolute Gasteiger partial charge is 0.326 e. The van der Waals surface area contributed by atoms with Gasteiger partial charge in [0.25, 0.3) is 0 Å². The van der Waals surface area contributed by atoms with Crippen molar-refractivity contribution in [3.05, 3.63) is 86.7 Å². The molecule has 0 fully saturated rings. The molecule has 1 N–H and O–H groups in total. The summed E-state index contributed by atoms with van der Waals surface area (Å²) in [5.74, 6) is 0.924. The summed E-state index contributed by atoms with van der Waals surface area (Å²) in [6.45, 7) is 4.04. The summed E-state index contributed by atoms with van der Waals surface area (Å²) in [7, 11) is 0. The first-order valence-corrected chi connectivity index (χ1v) is 12.4. The van der Waals surface area contributed by atoms with Crippen LogP contribution in [0.2, 0.25) is 5.02 Å². The summed E-state index contributed by atoms with van der Waals surface area (Å²) in [6.07, 6.45) is 1.93. The van der Waals surface area contributed by atoms with Gasteiger partial charge in [-0.05, 0) is 60.7 Å². The van der Waals surface area contributed by atoms with Crippen LogP contribution in [0.4, 0.5) is 5.69 Å². The van der Waals surface area contributed by atoms with E-state index in [1.54, 1.807) is 34.7 Å². The maximum absolute atomic E-state index is 12.7. The maximum atomic E-state index is 12.7. The molecule has 0 aliphatic heterocycles. The Hall–Kier alpha value is -2.61. The van der Waals surface area contributed by atoms with Gasteiger partial charge in [-0.1, -0.05) is 42.0 Å². The Morgan fingerprint density at radius 2 is 1.97 bits per heavy atom. The van der Waals surface area contributed by atoms with Gasteiger partial charge in [0.05, 0.1) is 28.4 Å². The van der Waals surface area contributed by atoms with Crippen molar-refractivity contribution in [2.45, 2.75) is 31.2 Å². The van der Waals surface area contributed by atoms with Crippen molar-refractivity contribution >= 4 is 56.5 Å². The lowest BCUT2D eigenvalue weighted by Gasteiger charge is -2.14. The molecular weight excluding hydrogens is 462 g/mol. The van der Waals surface area contributed by atoms with Crippen LogP contribution in [-0.4, -0.2) is 21.2 Å². The zero-order valence-electron chi connectivity index (χ0n) is 17.7. The van der Waals surface area contributed by atoms with Gasteiger partial charge in [0, 0.05) is 21.8 Å². The van der Waals surface area contributed by atoms with Crippen LogP contribution in [-0.2, 0) is 11.2 Å². The molecule has 0 spiro atoms. The van der Waals surface area contributed by atoms with Gasteiger partial charge >= 0.3 is 4.87 Å². The molecular formula is C24H22ClN3O2S2. The standard InChI is InChI=1S/C24H22ClN3O2S2/c1-3-31-19-7-4-16(5-8-19)12-23(29)27-18-6-9-21-22(14-18)32-24(30)28(21)15(2)20-13-17(25)10-11-26-20/h4-11,13-15H,3,12H2,1-2H3,(H,27,29). The van der Waals surface area contributed by atoms with Gasteiger partial charge < -0.3 is 5.32 Å². The predicted octanol–water partition coefficient (Wildman–Crippen LogP) is 6.01. The highest BCUT2D eigenvalue weighted by atomic mass is 35.5. The molecule has 4 aromatic rings. The zero-order valence-corrected chi connectivity index (χ0v) is 20.1. The normalized spacial score (nSPS) is 12.1. The van der Waals surface area contributed by atoms with E-state index < -0.39 is 0 Å². The highest BCUT2D eigenvalue weighted by Gasteiger charge is 2.17. The number of fused-ring (bicyclic) bond motifs is 1. The van der Waals surface area contributed by atoms with Crippen LogP contribution in [0.1, 0.15) is 31.1 Å². The fourth-order valence-electron chi connectivity index (χ4n) is 3.52. The molecule has 4 rings (SSSR count). The molecule has 0 aliphatic rings. The number of hydrogen-bond acceptors (Lipinski definition) is 5. The molecule has 0 saturated carbocycles. The number of anilines is 1. The van der Waals surface area contributed by atoms with Gasteiger partial charge in [0.15, 0.2) is 0 Å². The van der Waals surface area contributed by atoms with E-state index in [1.807, 2.05) is 49.4 Å². The van der Waals surface area contributed by atoms with E-state index in [0.29, 0.717) is 17.1 Å². The van der Waals surface area contributed by atoms with Crippen LogP contribution < -0.4 is 10.2 Å². The molecule has 2 aromatic carbocycles. The van der Waals surface area contributed by atoms with E-state index in [0.717, 1.165) is 38.6 Å². The quantitative estimate of drug-likeness (QED) is 0.327. The third-order valence-electron chi connectivity index (χ3n) is 5.05. The molecule has 0 bridgehead atoms. The summed E-state index contributed by atoms with van der Waals surface area (Å²) in [5, 5.41) is 3.52. The number of pyridine rings is 1. The number of thiazole rings is 1. The smallest absolute Gasteiger partial charge is 0.308 e. The first-order chi connectivity index (χ1) is 15.4. The average molecular weight is 484 g/mol. The van der Waals surface area contributed by atoms with E-state index in [1.165, 1.54) is 4.90 Å². The summed E-state index contributed by atoms with van der Waals surface area (Å²) in [4.78, 5) is 30.7. The second-order valence-corrected chi connectivity index (χ2v) is 10.1. The number of amides is 1. The first-order valence-electron chi connectivity index (χ1n) is 10.2. The number of carbonyl (C=O) groups is 1. The van der Waals surface area contributed by atoms with E-state index in [-0.39, 0.29) is 16.8 Å². The molecule has 0 radical (unpaired) electrons. The molecule has 1 unspecified atom stereocenters. The number of carbonyl (C=O) groups excluding carboxylic acids is 1. The number of rotatable bonds is 7. The van der Waals surface area contributed by atoms with Crippen molar-refractivity contribution in [3.8, 4) is 0 Å². The first kappa shape index (κ1) is 22.6. The van der Waals surface area contributed by atoms with Crippen molar-refractivity contribution < 1.29 is 4.79 Å². The summed E-state index contributed by atoms with van der Waals surface area (Å²) in [5.41, 5.74) is 3.15. The number of halogens is 1. The SMILES string of the molecule is CCSc1ccc(CC(=O)Nc2ccc3c(c2)sc(=O)n3C(C)c2cc(Cl)ccn2)cc1. The lowest BCUT2D eigenvalue weighted by atomic mass is 10.1.